The lowest BCUT2D eigenvalue weighted by Gasteiger charge is -2.23. The zero-order valence-electron chi connectivity index (χ0n) is 11.1. The Morgan fingerprint density at radius 3 is 2.74 bits per heavy atom. The van der Waals surface area contributed by atoms with Crippen LogP contribution in [0.1, 0.15) is 48.0 Å². The molecular weight excluding hydrogens is 244 g/mol. The van der Waals surface area contributed by atoms with Crippen LogP contribution < -0.4 is 4.74 Å². The number of carbonyl (C=O) groups is 1. The average Bonchev–Trinajstić information content (AvgIpc) is 2.57. The first-order chi connectivity index (χ1) is 9.09. The molecule has 1 aromatic rings. The summed E-state index contributed by atoms with van der Waals surface area (Å²) in [6.45, 7) is 1.74. The van der Waals surface area contributed by atoms with Gasteiger partial charge in [0.1, 0.15) is 11.9 Å². The van der Waals surface area contributed by atoms with Crippen molar-refractivity contribution < 1.29 is 19.7 Å². The van der Waals surface area contributed by atoms with Gasteiger partial charge in [-0.2, -0.15) is 0 Å². The molecule has 104 valence electrons. The normalized spacial score (nSPS) is 23.7. The maximum absolute atomic E-state index is 11.1. The van der Waals surface area contributed by atoms with Crippen LogP contribution in [-0.2, 0) is 0 Å². The molecule has 2 atom stereocenters. The van der Waals surface area contributed by atoms with Crippen molar-refractivity contribution in [2.24, 2.45) is 0 Å². The fraction of sp³-hybridized carbons (Fsp3) is 0.533. The molecule has 19 heavy (non-hydrogen) atoms. The van der Waals surface area contributed by atoms with Crippen molar-refractivity contribution >= 4 is 5.97 Å². The van der Waals surface area contributed by atoms with Crippen molar-refractivity contribution in [2.75, 3.05) is 0 Å². The van der Waals surface area contributed by atoms with Gasteiger partial charge in [-0.3, -0.25) is 0 Å². The second kappa shape index (κ2) is 6.06. The number of hydrogen-bond donors (Lipinski definition) is 2. The van der Waals surface area contributed by atoms with Gasteiger partial charge in [0.2, 0.25) is 0 Å². The van der Waals surface area contributed by atoms with Gasteiger partial charge in [-0.05, 0) is 38.3 Å². The summed E-state index contributed by atoms with van der Waals surface area (Å²) in [7, 11) is 0. The minimum absolute atomic E-state index is 0.231. The Morgan fingerprint density at radius 1 is 1.26 bits per heavy atom. The maximum Gasteiger partial charge on any atom is 0.336 e. The molecule has 1 aliphatic carbocycles. The number of aliphatic hydroxyl groups is 1. The quantitative estimate of drug-likeness (QED) is 0.824. The molecule has 2 unspecified atom stereocenters. The van der Waals surface area contributed by atoms with Gasteiger partial charge < -0.3 is 14.9 Å². The molecule has 0 bridgehead atoms. The smallest absolute Gasteiger partial charge is 0.336 e. The molecule has 4 heteroatoms. The summed E-state index contributed by atoms with van der Waals surface area (Å²) < 4.78 is 5.86. The van der Waals surface area contributed by atoms with E-state index in [0.29, 0.717) is 11.3 Å². The van der Waals surface area contributed by atoms with E-state index in [2.05, 4.69) is 0 Å². The van der Waals surface area contributed by atoms with Gasteiger partial charge in [-0.15, -0.1) is 0 Å². The summed E-state index contributed by atoms with van der Waals surface area (Å²) in [5, 5.41) is 19.1. The number of hydrogen-bond acceptors (Lipinski definition) is 3. The Bertz CT molecular complexity index is 455. The molecule has 1 saturated carbocycles. The molecule has 0 aliphatic heterocycles. The molecule has 2 N–H and O–H groups in total. The summed E-state index contributed by atoms with van der Waals surface area (Å²) in [6.07, 6.45) is 4.06. The lowest BCUT2D eigenvalue weighted by atomic mass is 10.1. The van der Waals surface area contributed by atoms with Crippen molar-refractivity contribution in [2.45, 2.75) is 51.2 Å². The van der Waals surface area contributed by atoms with Crippen LogP contribution in [0.4, 0.5) is 0 Å². The van der Waals surface area contributed by atoms with Crippen LogP contribution in [0.3, 0.4) is 0 Å². The molecular formula is C15H20O4. The van der Waals surface area contributed by atoms with Crippen LogP contribution in [0.5, 0.6) is 5.75 Å². The van der Waals surface area contributed by atoms with Gasteiger partial charge in [-0.1, -0.05) is 18.9 Å². The first-order valence-electron chi connectivity index (χ1n) is 6.77. The summed E-state index contributed by atoms with van der Waals surface area (Å²) >= 11 is 0. The van der Waals surface area contributed by atoms with E-state index in [4.69, 9.17) is 9.84 Å². The van der Waals surface area contributed by atoms with Crippen LogP contribution in [0.25, 0.3) is 0 Å². The third-order valence-corrected chi connectivity index (χ3v) is 3.71. The van der Waals surface area contributed by atoms with Crippen molar-refractivity contribution in [3.05, 3.63) is 29.3 Å². The number of benzene rings is 1. The average molecular weight is 264 g/mol. The zero-order chi connectivity index (χ0) is 13.8. The highest BCUT2D eigenvalue weighted by atomic mass is 16.5. The summed E-state index contributed by atoms with van der Waals surface area (Å²) in [4.78, 5) is 11.1. The van der Waals surface area contributed by atoms with Crippen LogP contribution in [0.15, 0.2) is 18.2 Å². The molecule has 1 fully saturated rings. The monoisotopic (exact) mass is 264 g/mol. The maximum atomic E-state index is 11.1. The molecule has 0 radical (unpaired) electrons. The van der Waals surface area contributed by atoms with Gasteiger partial charge in [0.05, 0.1) is 11.7 Å². The Labute approximate surface area is 113 Å². The summed E-state index contributed by atoms with van der Waals surface area (Å²) in [6, 6.07) is 5.00. The predicted octanol–water partition coefficient (Wildman–Crippen LogP) is 2.77. The fourth-order valence-electron chi connectivity index (χ4n) is 2.53. The Kier molecular flexibility index (Phi) is 4.43. The minimum atomic E-state index is -0.954. The molecule has 0 amide bonds. The molecule has 2 rings (SSSR count). The highest BCUT2D eigenvalue weighted by molar-refractivity contribution is 5.90. The largest absolute Gasteiger partial charge is 0.487 e. The number of aromatic carboxylic acids is 1. The number of carboxylic acids is 1. The Morgan fingerprint density at radius 2 is 2.00 bits per heavy atom. The van der Waals surface area contributed by atoms with E-state index in [9.17, 15) is 9.90 Å². The molecule has 1 aromatic carbocycles. The number of carboxylic acid groups (broad SMARTS) is 1. The summed E-state index contributed by atoms with van der Waals surface area (Å²) in [5.74, 6) is -0.393. The lowest BCUT2D eigenvalue weighted by Crippen LogP contribution is -2.30. The van der Waals surface area contributed by atoms with Gasteiger partial charge in [0.15, 0.2) is 0 Å². The molecule has 0 spiro atoms. The summed E-state index contributed by atoms with van der Waals surface area (Å²) in [5.41, 5.74) is 0.868. The third-order valence-electron chi connectivity index (χ3n) is 3.71. The van der Waals surface area contributed by atoms with E-state index in [1.807, 2.05) is 0 Å². The van der Waals surface area contributed by atoms with Crippen molar-refractivity contribution in [1.82, 2.24) is 0 Å². The van der Waals surface area contributed by atoms with E-state index in [1.54, 1.807) is 25.1 Å². The Hall–Kier alpha value is -1.55. The van der Waals surface area contributed by atoms with Crippen LogP contribution in [-0.4, -0.2) is 28.4 Å². The van der Waals surface area contributed by atoms with E-state index < -0.39 is 12.1 Å². The molecule has 0 saturated heterocycles. The number of rotatable bonds is 3. The van der Waals surface area contributed by atoms with Crippen molar-refractivity contribution in [1.29, 1.82) is 0 Å². The Balaban J connectivity index is 2.18. The van der Waals surface area contributed by atoms with Crippen molar-refractivity contribution in [3.8, 4) is 5.75 Å². The van der Waals surface area contributed by atoms with E-state index >= 15 is 0 Å². The second-order valence-electron chi connectivity index (χ2n) is 5.10. The standard InChI is InChI=1S/C15H20O4/c1-10-11(15(17)18)6-5-9-13(10)19-14-8-4-2-3-7-12(14)16/h5-6,9,12,14,16H,2-4,7-8H2,1H3,(H,17,18). The minimum Gasteiger partial charge on any atom is -0.487 e. The molecule has 0 heterocycles. The van der Waals surface area contributed by atoms with E-state index in [-0.39, 0.29) is 11.7 Å². The van der Waals surface area contributed by atoms with Gasteiger partial charge in [0, 0.05) is 5.56 Å². The van der Waals surface area contributed by atoms with Gasteiger partial charge in [-0.25, -0.2) is 4.79 Å². The van der Waals surface area contributed by atoms with Crippen molar-refractivity contribution in [3.63, 3.8) is 0 Å². The zero-order valence-corrected chi connectivity index (χ0v) is 11.1. The van der Waals surface area contributed by atoms with Gasteiger partial charge in [0.25, 0.3) is 0 Å². The third kappa shape index (κ3) is 3.26. The fourth-order valence-corrected chi connectivity index (χ4v) is 2.53. The highest BCUT2D eigenvalue weighted by Crippen LogP contribution is 2.27. The van der Waals surface area contributed by atoms with Gasteiger partial charge >= 0.3 is 5.97 Å². The van der Waals surface area contributed by atoms with E-state index in [1.165, 1.54) is 0 Å². The van der Waals surface area contributed by atoms with Crippen LogP contribution >= 0.6 is 0 Å². The highest BCUT2D eigenvalue weighted by Gasteiger charge is 2.24. The van der Waals surface area contributed by atoms with Crippen LogP contribution in [0, 0.1) is 6.92 Å². The predicted molar refractivity (Wildman–Crippen MR) is 71.6 cm³/mol. The number of ether oxygens (including phenoxy) is 1. The molecule has 1 aliphatic rings. The first-order valence-corrected chi connectivity index (χ1v) is 6.77. The van der Waals surface area contributed by atoms with Crippen LogP contribution in [0.2, 0.25) is 0 Å². The molecule has 4 nitrogen and oxygen atoms in total. The first kappa shape index (κ1) is 13.9. The topological polar surface area (TPSA) is 66.8 Å². The second-order valence-corrected chi connectivity index (χ2v) is 5.10. The number of aliphatic hydroxyl groups excluding tert-OH is 1. The van der Waals surface area contributed by atoms with E-state index in [0.717, 1.165) is 32.1 Å². The molecule has 0 aromatic heterocycles. The SMILES string of the molecule is Cc1c(OC2CCCCCC2O)cccc1C(=O)O. The lowest BCUT2D eigenvalue weighted by molar-refractivity contribution is 0.0315.